The molecule has 32 heavy (non-hydrogen) atoms. The van der Waals surface area contributed by atoms with Gasteiger partial charge in [0.05, 0.1) is 30.6 Å². The maximum Gasteiger partial charge on any atom is 0.411 e. The number of pyridine rings is 2. The quantitative estimate of drug-likeness (QED) is 0.645. The molecule has 1 unspecified atom stereocenters. The van der Waals surface area contributed by atoms with Crippen LogP contribution in [0.25, 0.3) is 0 Å². The minimum absolute atomic E-state index is 0.243. The lowest BCUT2D eigenvalue weighted by Crippen LogP contribution is -2.44. The van der Waals surface area contributed by atoms with Crippen molar-refractivity contribution in [2.24, 2.45) is 0 Å². The van der Waals surface area contributed by atoms with Crippen molar-refractivity contribution < 1.29 is 19.2 Å². The number of hydrogen-bond acceptors (Lipinski definition) is 6. The van der Waals surface area contributed by atoms with Gasteiger partial charge in [0.25, 0.3) is 5.91 Å². The Kier molecular flexibility index (Phi) is 7.13. The number of carbonyl (C=O) groups excluding carboxylic acids is 2. The van der Waals surface area contributed by atoms with Crippen LogP contribution in [-0.2, 0) is 9.57 Å². The summed E-state index contributed by atoms with van der Waals surface area (Å²) in [7, 11) is 2.96. The number of carbonyl (C=O) groups is 2. The molecule has 172 valence electrons. The lowest BCUT2D eigenvalue weighted by Gasteiger charge is -2.42. The molecule has 0 bridgehead atoms. The summed E-state index contributed by atoms with van der Waals surface area (Å²) in [6.07, 6.45) is 3.72. The molecule has 2 aromatic rings. The largest absolute Gasteiger partial charge is 0.444 e. The maximum absolute atomic E-state index is 13.4. The van der Waals surface area contributed by atoms with Crippen molar-refractivity contribution in [2.45, 2.75) is 64.6 Å². The molecule has 1 saturated heterocycles. The van der Waals surface area contributed by atoms with Crippen LogP contribution in [0.15, 0.2) is 36.5 Å². The van der Waals surface area contributed by atoms with Crippen LogP contribution in [0, 0.1) is 6.92 Å². The molecule has 2 amide bonds. The Labute approximate surface area is 189 Å². The summed E-state index contributed by atoms with van der Waals surface area (Å²) in [5.74, 6) is -0.355. The van der Waals surface area contributed by atoms with Gasteiger partial charge in [-0.25, -0.2) is 14.8 Å². The van der Waals surface area contributed by atoms with Gasteiger partial charge in [0, 0.05) is 13.2 Å². The Morgan fingerprint density at radius 2 is 1.84 bits per heavy atom. The molecular weight excluding hydrogens is 408 g/mol. The highest BCUT2D eigenvalue weighted by Gasteiger charge is 2.40. The second-order valence-electron chi connectivity index (χ2n) is 8.99. The van der Waals surface area contributed by atoms with Gasteiger partial charge < -0.3 is 4.74 Å². The van der Waals surface area contributed by atoms with E-state index in [1.54, 1.807) is 23.2 Å². The number of hydrogen-bond donors (Lipinski definition) is 0. The highest BCUT2D eigenvalue weighted by Crippen LogP contribution is 2.42. The summed E-state index contributed by atoms with van der Waals surface area (Å²) >= 11 is 0. The third-order valence-corrected chi connectivity index (χ3v) is 5.49. The number of amides is 2. The second kappa shape index (κ2) is 9.65. The summed E-state index contributed by atoms with van der Waals surface area (Å²) in [4.78, 5) is 41.9. The van der Waals surface area contributed by atoms with E-state index < -0.39 is 11.7 Å². The lowest BCUT2D eigenvalue weighted by molar-refractivity contribution is -0.0760. The predicted octanol–water partition coefficient (Wildman–Crippen LogP) is 4.62. The molecule has 0 spiro atoms. The Balaban J connectivity index is 2.04. The molecular formula is C24H32N4O4. The van der Waals surface area contributed by atoms with E-state index in [9.17, 15) is 9.59 Å². The first-order valence-corrected chi connectivity index (χ1v) is 10.8. The molecule has 0 aliphatic carbocycles. The molecule has 2 atom stereocenters. The van der Waals surface area contributed by atoms with Crippen molar-refractivity contribution in [2.75, 3.05) is 14.2 Å². The number of aryl methyl sites for hydroxylation is 1. The highest BCUT2D eigenvalue weighted by atomic mass is 16.7. The zero-order valence-electron chi connectivity index (χ0n) is 19.7. The standard InChI is InChI=1S/C24H32N4O4/c1-16-10-9-15-25-21(16)20-14-8-13-19(28(20)23(30)32-24(2,3)4)17-11-7-12-18(26-17)22(29)27(5)31-6/h7,9-12,15,19-20H,8,13-14H2,1-6H3/t19?,20-/m0/s1. The molecule has 0 aromatic carbocycles. The van der Waals surface area contributed by atoms with E-state index >= 15 is 0 Å². The third kappa shape index (κ3) is 5.24. The van der Waals surface area contributed by atoms with E-state index in [0.717, 1.165) is 29.2 Å². The molecule has 8 nitrogen and oxygen atoms in total. The molecule has 2 aromatic heterocycles. The number of likely N-dealkylation sites (tertiary alicyclic amines) is 1. The summed E-state index contributed by atoms with van der Waals surface area (Å²) in [6.45, 7) is 7.55. The fraction of sp³-hybridized carbons (Fsp3) is 0.500. The number of nitrogens with zero attached hydrogens (tertiary/aromatic N) is 4. The van der Waals surface area contributed by atoms with Crippen molar-refractivity contribution in [1.29, 1.82) is 0 Å². The fourth-order valence-electron chi connectivity index (χ4n) is 3.98. The van der Waals surface area contributed by atoms with Gasteiger partial charge in [-0.3, -0.25) is 19.5 Å². The summed E-state index contributed by atoms with van der Waals surface area (Å²) in [6, 6.07) is 8.57. The van der Waals surface area contributed by atoms with Crippen LogP contribution in [-0.4, -0.2) is 51.7 Å². The average Bonchev–Trinajstić information content (AvgIpc) is 2.76. The van der Waals surface area contributed by atoms with Gasteiger partial charge in [0.15, 0.2) is 0 Å². The number of ether oxygens (including phenoxy) is 1. The minimum Gasteiger partial charge on any atom is -0.444 e. The van der Waals surface area contributed by atoms with Crippen LogP contribution in [0.2, 0.25) is 0 Å². The van der Waals surface area contributed by atoms with Crippen molar-refractivity contribution in [1.82, 2.24) is 19.9 Å². The first-order valence-electron chi connectivity index (χ1n) is 10.8. The zero-order valence-corrected chi connectivity index (χ0v) is 19.7. The highest BCUT2D eigenvalue weighted by molar-refractivity contribution is 5.91. The number of hydroxylamine groups is 2. The Bertz CT molecular complexity index is 972. The molecule has 3 heterocycles. The SMILES string of the molecule is CON(C)C(=O)c1cccc(C2CCC[C@@H](c3ncccc3C)N2C(=O)OC(C)(C)C)n1. The van der Waals surface area contributed by atoms with Crippen molar-refractivity contribution in [3.63, 3.8) is 0 Å². The number of rotatable bonds is 4. The van der Waals surface area contributed by atoms with Crippen molar-refractivity contribution in [3.8, 4) is 0 Å². The maximum atomic E-state index is 13.4. The van der Waals surface area contributed by atoms with Gasteiger partial charge in [0.2, 0.25) is 0 Å². The molecule has 1 aliphatic rings. The third-order valence-electron chi connectivity index (χ3n) is 5.49. The van der Waals surface area contributed by atoms with Crippen LogP contribution in [0.3, 0.4) is 0 Å². The van der Waals surface area contributed by atoms with Gasteiger partial charge in [-0.2, -0.15) is 0 Å². The first kappa shape index (κ1) is 23.7. The normalized spacial score (nSPS) is 18.9. The minimum atomic E-state index is -0.644. The summed E-state index contributed by atoms with van der Waals surface area (Å²) < 4.78 is 5.79. The number of piperidine rings is 1. The summed E-state index contributed by atoms with van der Waals surface area (Å²) in [5.41, 5.74) is 2.13. The smallest absolute Gasteiger partial charge is 0.411 e. The fourth-order valence-corrected chi connectivity index (χ4v) is 3.98. The Hall–Kier alpha value is -3.00. The monoisotopic (exact) mass is 440 g/mol. The molecule has 0 radical (unpaired) electrons. The van der Waals surface area contributed by atoms with Gasteiger partial charge in [-0.1, -0.05) is 12.1 Å². The molecule has 1 fully saturated rings. The van der Waals surface area contributed by atoms with E-state index in [0.29, 0.717) is 12.1 Å². The Morgan fingerprint density at radius 1 is 1.12 bits per heavy atom. The van der Waals surface area contributed by atoms with Crippen LogP contribution in [0.1, 0.15) is 79.6 Å². The van der Waals surface area contributed by atoms with E-state index in [1.165, 1.54) is 14.2 Å². The predicted molar refractivity (Wildman–Crippen MR) is 120 cm³/mol. The molecule has 0 N–H and O–H groups in total. The van der Waals surface area contributed by atoms with E-state index in [2.05, 4.69) is 9.97 Å². The zero-order chi connectivity index (χ0) is 23.5. The lowest BCUT2D eigenvalue weighted by atomic mass is 9.90. The molecule has 3 rings (SSSR count). The second-order valence-corrected chi connectivity index (χ2v) is 8.99. The van der Waals surface area contributed by atoms with E-state index in [-0.39, 0.29) is 23.7 Å². The van der Waals surface area contributed by atoms with Crippen LogP contribution >= 0.6 is 0 Å². The number of aromatic nitrogens is 2. The average molecular weight is 441 g/mol. The summed E-state index contributed by atoms with van der Waals surface area (Å²) in [5, 5.41) is 1.12. The van der Waals surface area contributed by atoms with Crippen molar-refractivity contribution >= 4 is 12.0 Å². The van der Waals surface area contributed by atoms with Crippen LogP contribution in [0.5, 0.6) is 0 Å². The first-order chi connectivity index (χ1) is 15.1. The van der Waals surface area contributed by atoms with Gasteiger partial charge in [-0.15, -0.1) is 0 Å². The topological polar surface area (TPSA) is 84.9 Å². The molecule has 1 aliphatic heterocycles. The van der Waals surface area contributed by atoms with Gasteiger partial charge >= 0.3 is 6.09 Å². The van der Waals surface area contributed by atoms with E-state index in [4.69, 9.17) is 9.57 Å². The Morgan fingerprint density at radius 3 is 2.50 bits per heavy atom. The van der Waals surface area contributed by atoms with Crippen molar-refractivity contribution in [3.05, 3.63) is 59.2 Å². The van der Waals surface area contributed by atoms with E-state index in [1.807, 2.05) is 45.9 Å². The molecule has 8 heteroatoms. The van der Waals surface area contributed by atoms with Crippen LogP contribution < -0.4 is 0 Å². The molecule has 0 saturated carbocycles. The van der Waals surface area contributed by atoms with Crippen LogP contribution in [0.4, 0.5) is 4.79 Å². The van der Waals surface area contributed by atoms with Gasteiger partial charge in [-0.05, 0) is 70.7 Å². The van der Waals surface area contributed by atoms with Gasteiger partial charge in [0.1, 0.15) is 11.3 Å².